The zero-order chi connectivity index (χ0) is 13.5. The topological polar surface area (TPSA) is 64.6 Å². The molecule has 1 atom stereocenters. The predicted octanol–water partition coefficient (Wildman–Crippen LogP) is 1.41. The van der Waals surface area contributed by atoms with Crippen molar-refractivity contribution in [3.63, 3.8) is 0 Å². The summed E-state index contributed by atoms with van der Waals surface area (Å²) in [4.78, 5) is 22.5. The van der Waals surface area contributed by atoms with Gasteiger partial charge in [0, 0.05) is 6.54 Å². The number of hydrogen-bond acceptors (Lipinski definition) is 4. The number of carbonyl (C=O) groups excluding carboxylic acids is 2. The van der Waals surface area contributed by atoms with Crippen molar-refractivity contribution < 1.29 is 19.1 Å². The van der Waals surface area contributed by atoms with E-state index in [9.17, 15) is 9.59 Å². The predicted molar refractivity (Wildman–Crippen MR) is 67.2 cm³/mol. The van der Waals surface area contributed by atoms with E-state index < -0.39 is 6.10 Å². The molecule has 0 heterocycles. The molecule has 5 heteroatoms. The molecule has 1 amide bonds. The minimum atomic E-state index is -0.656. The fraction of sp³-hybridized carbons (Fsp3) is 0.385. The Kier molecular flexibility index (Phi) is 5.17. The summed E-state index contributed by atoms with van der Waals surface area (Å²) in [5, 5.41) is 2.65. The molecule has 0 aromatic heterocycles. The number of rotatable bonds is 6. The van der Waals surface area contributed by atoms with Crippen molar-refractivity contribution in [1.29, 1.82) is 0 Å². The van der Waals surface area contributed by atoms with Crippen molar-refractivity contribution in [2.24, 2.45) is 0 Å². The molecule has 0 saturated heterocycles. The Hall–Kier alpha value is -2.04. The van der Waals surface area contributed by atoms with Crippen molar-refractivity contribution in [2.45, 2.75) is 20.0 Å². The summed E-state index contributed by atoms with van der Waals surface area (Å²) >= 11 is 0. The zero-order valence-corrected chi connectivity index (χ0v) is 10.7. The van der Waals surface area contributed by atoms with E-state index in [1.54, 1.807) is 25.1 Å². The van der Waals surface area contributed by atoms with E-state index in [1.165, 1.54) is 7.11 Å². The number of carbonyl (C=O) groups is 2. The maximum atomic E-state index is 11.5. The second-order valence-electron chi connectivity index (χ2n) is 3.68. The first-order valence-corrected chi connectivity index (χ1v) is 5.70. The van der Waals surface area contributed by atoms with Gasteiger partial charge in [0.25, 0.3) is 5.91 Å². The number of aldehydes is 1. The molecule has 5 nitrogen and oxygen atoms in total. The van der Waals surface area contributed by atoms with Crippen LogP contribution in [0.3, 0.4) is 0 Å². The van der Waals surface area contributed by atoms with Crippen LogP contribution in [0, 0.1) is 0 Å². The normalized spacial score (nSPS) is 11.5. The quantitative estimate of drug-likeness (QED) is 0.776. The molecule has 0 unspecified atom stereocenters. The first-order chi connectivity index (χ1) is 8.62. The molecule has 1 N–H and O–H groups in total. The third-order valence-electron chi connectivity index (χ3n) is 2.37. The average Bonchev–Trinajstić information content (AvgIpc) is 2.39. The highest BCUT2D eigenvalue weighted by atomic mass is 16.5. The Morgan fingerprint density at radius 1 is 1.50 bits per heavy atom. The van der Waals surface area contributed by atoms with E-state index in [-0.39, 0.29) is 5.91 Å². The third-order valence-corrected chi connectivity index (χ3v) is 2.37. The van der Waals surface area contributed by atoms with E-state index >= 15 is 0 Å². The van der Waals surface area contributed by atoms with Crippen LogP contribution in [-0.4, -0.2) is 32.0 Å². The molecular weight excluding hydrogens is 234 g/mol. The number of ether oxygens (including phenoxy) is 2. The van der Waals surface area contributed by atoms with Crippen LogP contribution < -0.4 is 14.8 Å². The second kappa shape index (κ2) is 6.64. The SMILES string of the molecule is CCNC(=O)[C@H](C)Oc1ccc(OC)cc1C=O. The number of hydrogen-bond donors (Lipinski definition) is 1. The first kappa shape index (κ1) is 14.0. The Morgan fingerprint density at radius 3 is 2.78 bits per heavy atom. The van der Waals surface area contributed by atoms with E-state index in [4.69, 9.17) is 9.47 Å². The Labute approximate surface area is 106 Å². The van der Waals surface area contributed by atoms with E-state index in [0.29, 0.717) is 29.9 Å². The Morgan fingerprint density at radius 2 is 2.22 bits per heavy atom. The van der Waals surface area contributed by atoms with Crippen molar-refractivity contribution in [1.82, 2.24) is 5.32 Å². The highest BCUT2D eigenvalue weighted by Crippen LogP contribution is 2.23. The van der Waals surface area contributed by atoms with Gasteiger partial charge in [-0.3, -0.25) is 9.59 Å². The maximum absolute atomic E-state index is 11.5. The lowest BCUT2D eigenvalue weighted by molar-refractivity contribution is -0.127. The molecule has 18 heavy (non-hydrogen) atoms. The maximum Gasteiger partial charge on any atom is 0.260 e. The summed E-state index contributed by atoms with van der Waals surface area (Å²) in [6.45, 7) is 3.99. The summed E-state index contributed by atoms with van der Waals surface area (Å²) in [6, 6.07) is 4.85. The summed E-state index contributed by atoms with van der Waals surface area (Å²) < 4.78 is 10.5. The lowest BCUT2D eigenvalue weighted by Crippen LogP contribution is -2.36. The molecule has 98 valence electrons. The van der Waals surface area contributed by atoms with Gasteiger partial charge in [0.15, 0.2) is 12.4 Å². The van der Waals surface area contributed by atoms with Gasteiger partial charge in [0.05, 0.1) is 12.7 Å². The van der Waals surface area contributed by atoms with Gasteiger partial charge in [0.2, 0.25) is 0 Å². The summed E-state index contributed by atoms with van der Waals surface area (Å²) in [7, 11) is 1.52. The van der Waals surface area contributed by atoms with Crippen LogP contribution in [0.5, 0.6) is 11.5 Å². The minimum Gasteiger partial charge on any atom is -0.497 e. The van der Waals surface area contributed by atoms with Gasteiger partial charge >= 0.3 is 0 Å². The number of nitrogens with one attached hydrogen (secondary N) is 1. The molecule has 0 radical (unpaired) electrons. The van der Waals surface area contributed by atoms with Crippen LogP contribution in [-0.2, 0) is 4.79 Å². The van der Waals surface area contributed by atoms with Crippen LogP contribution in [0.15, 0.2) is 18.2 Å². The number of benzene rings is 1. The van der Waals surface area contributed by atoms with E-state index in [1.807, 2.05) is 6.92 Å². The van der Waals surface area contributed by atoms with Gasteiger partial charge < -0.3 is 14.8 Å². The lowest BCUT2D eigenvalue weighted by Gasteiger charge is -2.15. The van der Waals surface area contributed by atoms with Crippen molar-refractivity contribution >= 4 is 12.2 Å². The van der Waals surface area contributed by atoms with E-state index in [2.05, 4.69) is 5.32 Å². The molecule has 0 saturated carbocycles. The van der Waals surface area contributed by atoms with Gasteiger partial charge in [0.1, 0.15) is 11.5 Å². The fourth-order valence-electron chi connectivity index (χ4n) is 1.41. The fourth-order valence-corrected chi connectivity index (χ4v) is 1.41. The van der Waals surface area contributed by atoms with Crippen LogP contribution >= 0.6 is 0 Å². The zero-order valence-electron chi connectivity index (χ0n) is 10.7. The van der Waals surface area contributed by atoms with Crippen molar-refractivity contribution in [3.05, 3.63) is 23.8 Å². The van der Waals surface area contributed by atoms with E-state index in [0.717, 1.165) is 0 Å². The number of methoxy groups -OCH3 is 1. The standard InChI is InChI=1S/C13H17NO4/c1-4-14-13(16)9(2)18-12-6-5-11(17-3)7-10(12)8-15/h5-9H,4H2,1-3H3,(H,14,16)/t9-/m0/s1. The second-order valence-corrected chi connectivity index (χ2v) is 3.68. The smallest absolute Gasteiger partial charge is 0.260 e. The van der Waals surface area contributed by atoms with Gasteiger partial charge in [-0.05, 0) is 32.0 Å². The van der Waals surface area contributed by atoms with Gasteiger partial charge in [-0.1, -0.05) is 0 Å². The molecule has 0 spiro atoms. The molecule has 1 aromatic rings. The van der Waals surface area contributed by atoms with Crippen molar-refractivity contribution in [2.75, 3.05) is 13.7 Å². The highest BCUT2D eigenvalue weighted by molar-refractivity contribution is 5.82. The molecule has 0 bridgehead atoms. The molecule has 0 fully saturated rings. The molecule has 0 aliphatic carbocycles. The lowest BCUT2D eigenvalue weighted by atomic mass is 10.2. The summed E-state index contributed by atoms with van der Waals surface area (Å²) in [5.74, 6) is 0.713. The molecular formula is C13H17NO4. The van der Waals surface area contributed by atoms with Crippen LogP contribution in [0.25, 0.3) is 0 Å². The van der Waals surface area contributed by atoms with Crippen molar-refractivity contribution in [3.8, 4) is 11.5 Å². The highest BCUT2D eigenvalue weighted by Gasteiger charge is 2.15. The largest absolute Gasteiger partial charge is 0.497 e. The van der Waals surface area contributed by atoms with Gasteiger partial charge in [-0.25, -0.2) is 0 Å². The van der Waals surface area contributed by atoms with Crippen LogP contribution in [0.1, 0.15) is 24.2 Å². The summed E-state index contributed by atoms with van der Waals surface area (Å²) in [5.41, 5.74) is 0.352. The molecule has 1 rings (SSSR count). The average molecular weight is 251 g/mol. The van der Waals surface area contributed by atoms with Crippen LogP contribution in [0.4, 0.5) is 0 Å². The number of amides is 1. The molecule has 0 aliphatic rings. The van der Waals surface area contributed by atoms with Gasteiger partial charge in [-0.15, -0.1) is 0 Å². The number of likely N-dealkylation sites (N-methyl/N-ethyl adjacent to an activating group) is 1. The minimum absolute atomic E-state index is 0.217. The molecule has 1 aromatic carbocycles. The summed E-state index contributed by atoms with van der Waals surface area (Å²) in [6.07, 6.45) is 0.0134. The Balaban J connectivity index is 2.83. The van der Waals surface area contributed by atoms with Gasteiger partial charge in [-0.2, -0.15) is 0 Å². The third kappa shape index (κ3) is 3.48. The monoisotopic (exact) mass is 251 g/mol. The first-order valence-electron chi connectivity index (χ1n) is 5.70. The molecule has 0 aliphatic heterocycles. The Bertz CT molecular complexity index is 431. The van der Waals surface area contributed by atoms with Crippen LogP contribution in [0.2, 0.25) is 0 Å².